The van der Waals surface area contributed by atoms with Gasteiger partial charge in [0.15, 0.2) is 6.10 Å². The number of allylic oxidation sites excluding steroid dienone is 4. The SMILES string of the molecule is CCCC/C=C\C/C=C\CCCCCCCC(=O)OC[C@H](COP(=O)(O)OCC[N+](C)(C)C)OC(=O)CCCCCCCCCCCCCCC. The van der Waals surface area contributed by atoms with E-state index in [1.807, 2.05) is 21.1 Å². The predicted molar refractivity (Wildman–Crippen MR) is 211 cm³/mol. The van der Waals surface area contributed by atoms with E-state index < -0.39 is 26.5 Å². The lowest BCUT2D eigenvalue weighted by Crippen LogP contribution is -2.37. The predicted octanol–water partition coefficient (Wildman–Crippen LogP) is 11.2. The number of nitrogens with zero attached hydrogens (tertiary/aromatic N) is 1. The van der Waals surface area contributed by atoms with Gasteiger partial charge >= 0.3 is 19.8 Å². The molecule has 0 saturated heterocycles. The third-order valence-corrected chi connectivity index (χ3v) is 9.72. The summed E-state index contributed by atoms with van der Waals surface area (Å²) in [4.78, 5) is 35.2. The molecule has 51 heavy (non-hydrogen) atoms. The van der Waals surface area contributed by atoms with Crippen molar-refractivity contribution in [2.45, 2.75) is 180 Å². The Balaban J connectivity index is 4.41. The second kappa shape index (κ2) is 34.3. The van der Waals surface area contributed by atoms with Crippen LogP contribution in [0.4, 0.5) is 0 Å². The van der Waals surface area contributed by atoms with Gasteiger partial charge in [-0.2, -0.15) is 0 Å². The zero-order chi connectivity index (χ0) is 37.9. The molecule has 0 saturated carbocycles. The summed E-state index contributed by atoms with van der Waals surface area (Å²) in [6.07, 6.45) is 35.0. The zero-order valence-electron chi connectivity index (χ0n) is 33.6. The first-order valence-electron chi connectivity index (χ1n) is 20.6. The monoisotopic (exact) mass is 745 g/mol. The van der Waals surface area contributed by atoms with Gasteiger partial charge in [0.1, 0.15) is 19.8 Å². The van der Waals surface area contributed by atoms with Crippen LogP contribution in [0, 0.1) is 0 Å². The Morgan fingerprint density at radius 1 is 0.608 bits per heavy atom. The van der Waals surface area contributed by atoms with E-state index in [0.717, 1.165) is 57.8 Å². The van der Waals surface area contributed by atoms with Crippen molar-refractivity contribution >= 4 is 19.8 Å². The van der Waals surface area contributed by atoms with Crippen LogP contribution in [0.2, 0.25) is 0 Å². The summed E-state index contributed by atoms with van der Waals surface area (Å²) < 4.78 is 34.2. The molecule has 1 N–H and O–H groups in total. The van der Waals surface area contributed by atoms with E-state index in [9.17, 15) is 19.0 Å². The van der Waals surface area contributed by atoms with Crippen LogP contribution in [0.15, 0.2) is 24.3 Å². The smallest absolute Gasteiger partial charge is 0.462 e. The quantitative estimate of drug-likeness (QED) is 0.0220. The number of quaternary nitrogens is 1. The first-order valence-corrected chi connectivity index (χ1v) is 22.1. The number of carbonyl (C=O) groups is 2. The highest BCUT2D eigenvalue weighted by Crippen LogP contribution is 2.43. The number of phosphoric ester groups is 1. The molecule has 0 heterocycles. The van der Waals surface area contributed by atoms with E-state index in [4.69, 9.17) is 18.5 Å². The van der Waals surface area contributed by atoms with E-state index in [2.05, 4.69) is 38.2 Å². The second-order valence-electron chi connectivity index (χ2n) is 15.0. The molecule has 0 aliphatic carbocycles. The van der Waals surface area contributed by atoms with Gasteiger partial charge in [0, 0.05) is 12.8 Å². The van der Waals surface area contributed by atoms with Gasteiger partial charge in [-0.15, -0.1) is 0 Å². The fourth-order valence-corrected chi connectivity index (χ4v) is 6.18. The summed E-state index contributed by atoms with van der Waals surface area (Å²) in [7, 11) is 1.47. The molecule has 0 bridgehead atoms. The Bertz CT molecular complexity index is 933. The van der Waals surface area contributed by atoms with Gasteiger partial charge in [-0.05, 0) is 38.5 Å². The molecule has 0 rings (SSSR count). The largest absolute Gasteiger partial charge is 0.472 e. The Morgan fingerprint density at radius 2 is 1.08 bits per heavy atom. The summed E-state index contributed by atoms with van der Waals surface area (Å²) in [5.74, 6) is -0.812. The molecule has 2 atom stereocenters. The van der Waals surface area contributed by atoms with Crippen LogP contribution in [0.5, 0.6) is 0 Å². The van der Waals surface area contributed by atoms with Gasteiger partial charge in [0.2, 0.25) is 0 Å². The van der Waals surface area contributed by atoms with Crippen LogP contribution in [-0.2, 0) is 32.7 Å². The number of esters is 2. The number of hydrogen-bond donors (Lipinski definition) is 1. The summed E-state index contributed by atoms with van der Waals surface area (Å²) in [5, 5.41) is 0. The number of hydrogen-bond acceptors (Lipinski definition) is 7. The highest BCUT2D eigenvalue weighted by Gasteiger charge is 2.27. The standard InChI is InChI=1S/C41H78NO8P/c1-6-8-10-12-14-16-18-20-22-23-25-27-29-31-33-40(43)47-37-39(38-49-51(45,46)48-36-35-42(3,4)5)50-41(44)34-32-30-28-26-24-21-19-17-15-13-11-9-7-2/h12,14,18,20,39H,6-11,13,15-17,19,21-38H2,1-5H3/p+1/b14-12-,20-18-/t39-/m1/s1. The highest BCUT2D eigenvalue weighted by atomic mass is 31.2. The summed E-state index contributed by atoms with van der Waals surface area (Å²) in [5.41, 5.74) is 0. The Kier molecular flexibility index (Phi) is 33.3. The van der Waals surface area contributed by atoms with Crippen molar-refractivity contribution in [1.82, 2.24) is 0 Å². The maximum atomic E-state index is 12.6. The van der Waals surface area contributed by atoms with Crippen molar-refractivity contribution in [3.8, 4) is 0 Å². The highest BCUT2D eigenvalue weighted by molar-refractivity contribution is 7.47. The topological polar surface area (TPSA) is 108 Å². The second-order valence-corrected chi connectivity index (χ2v) is 16.5. The van der Waals surface area contributed by atoms with Gasteiger partial charge in [0.05, 0.1) is 27.7 Å². The van der Waals surface area contributed by atoms with E-state index in [0.29, 0.717) is 17.4 Å². The molecule has 9 nitrogen and oxygen atoms in total. The molecule has 0 aromatic carbocycles. The minimum Gasteiger partial charge on any atom is -0.462 e. The van der Waals surface area contributed by atoms with Gasteiger partial charge in [-0.1, -0.05) is 147 Å². The number of ether oxygens (including phenoxy) is 2. The molecule has 300 valence electrons. The van der Waals surface area contributed by atoms with Crippen molar-refractivity contribution in [3.63, 3.8) is 0 Å². The van der Waals surface area contributed by atoms with Gasteiger partial charge < -0.3 is 18.9 Å². The molecule has 0 aliphatic rings. The van der Waals surface area contributed by atoms with E-state index >= 15 is 0 Å². The molecular weight excluding hydrogens is 665 g/mol. The molecule has 0 fully saturated rings. The first-order chi connectivity index (χ1) is 24.5. The Hall–Kier alpha value is -1.51. The molecule has 0 radical (unpaired) electrons. The minimum atomic E-state index is -4.37. The van der Waals surface area contributed by atoms with Gasteiger partial charge in [-0.3, -0.25) is 18.6 Å². The van der Waals surface area contributed by atoms with Crippen LogP contribution < -0.4 is 0 Å². The number of likely N-dealkylation sites (N-methyl/N-ethyl adjacent to an activating group) is 1. The van der Waals surface area contributed by atoms with Gasteiger partial charge in [-0.25, -0.2) is 4.57 Å². The van der Waals surface area contributed by atoms with Crippen LogP contribution in [0.3, 0.4) is 0 Å². The van der Waals surface area contributed by atoms with Crippen molar-refractivity contribution in [3.05, 3.63) is 24.3 Å². The van der Waals surface area contributed by atoms with Crippen LogP contribution >= 0.6 is 7.82 Å². The third-order valence-electron chi connectivity index (χ3n) is 8.73. The van der Waals surface area contributed by atoms with Gasteiger partial charge in [0.25, 0.3) is 0 Å². The summed E-state index contributed by atoms with van der Waals surface area (Å²) >= 11 is 0. The molecule has 0 aromatic heterocycles. The third kappa shape index (κ3) is 38.0. The average molecular weight is 745 g/mol. The van der Waals surface area contributed by atoms with Crippen molar-refractivity contribution in [2.24, 2.45) is 0 Å². The summed E-state index contributed by atoms with van der Waals surface area (Å²) in [6, 6.07) is 0. The molecule has 0 spiro atoms. The lowest BCUT2D eigenvalue weighted by molar-refractivity contribution is -0.870. The maximum absolute atomic E-state index is 12.6. The Morgan fingerprint density at radius 3 is 1.61 bits per heavy atom. The van der Waals surface area contributed by atoms with Crippen LogP contribution in [-0.4, -0.2) is 74.9 Å². The van der Waals surface area contributed by atoms with E-state index in [1.165, 1.54) is 83.5 Å². The van der Waals surface area contributed by atoms with E-state index in [-0.39, 0.29) is 32.0 Å². The van der Waals surface area contributed by atoms with Crippen LogP contribution in [0.25, 0.3) is 0 Å². The zero-order valence-corrected chi connectivity index (χ0v) is 34.5. The average Bonchev–Trinajstić information content (AvgIpc) is 3.07. The number of phosphoric acid groups is 1. The molecule has 0 amide bonds. The number of carbonyl (C=O) groups excluding carboxylic acids is 2. The van der Waals surface area contributed by atoms with E-state index in [1.54, 1.807) is 0 Å². The van der Waals surface area contributed by atoms with Crippen LogP contribution in [0.1, 0.15) is 174 Å². The number of rotatable bonds is 37. The Labute approximate surface area is 313 Å². The minimum absolute atomic E-state index is 0.0310. The van der Waals surface area contributed by atoms with Crippen molar-refractivity contribution < 1.29 is 42.1 Å². The molecule has 0 aliphatic heterocycles. The normalized spacial score (nSPS) is 13.9. The lowest BCUT2D eigenvalue weighted by atomic mass is 10.0. The van der Waals surface area contributed by atoms with Crippen molar-refractivity contribution in [2.75, 3.05) is 47.5 Å². The first kappa shape index (κ1) is 49.5. The maximum Gasteiger partial charge on any atom is 0.472 e. The lowest BCUT2D eigenvalue weighted by Gasteiger charge is -2.24. The molecule has 1 unspecified atom stereocenters. The molecule has 0 aromatic rings. The molecule has 10 heteroatoms. The number of unbranched alkanes of at least 4 members (excludes halogenated alkanes) is 19. The fourth-order valence-electron chi connectivity index (χ4n) is 5.44. The summed E-state index contributed by atoms with van der Waals surface area (Å²) in [6.45, 7) is 4.36. The molecular formula is C41H79NO8P+. The van der Waals surface area contributed by atoms with Crippen molar-refractivity contribution in [1.29, 1.82) is 0 Å². The fraction of sp³-hybridized carbons (Fsp3) is 0.854.